The second-order valence-electron chi connectivity index (χ2n) is 7.29. The standard InChI is InChI=1S/C25H21N3O2/c29-25(26-14-6-9-17-7-5-8-18-15-27-28-24(17)18)30-16-23-21-12-3-1-10-19(21)20-11-2-4-13-22(20)23/h1-13,15,23H,14,16H2,(H,26,29)(H,27,28). The third-order valence-corrected chi connectivity index (χ3v) is 5.51. The Morgan fingerprint density at radius 2 is 1.73 bits per heavy atom. The van der Waals surface area contributed by atoms with E-state index in [0.717, 1.165) is 16.5 Å². The lowest BCUT2D eigenvalue weighted by atomic mass is 9.98. The van der Waals surface area contributed by atoms with Crippen LogP contribution >= 0.6 is 0 Å². The highest BCUT2D eigenvalue weighted by Crippen LogP contribution is 2.44. The average Bonchev–Trinajstić information content (AvgIpc) is 3.39. The topological polar surface area (TPSA) is 67.0 Å². The molecule has 1 aliphatic carbocycles. The summed E-state index contributed by atoms with van der Waals surface area (Å²) < 4.78 is 5.55. The van der Waals surface area contributed by atoms with E-state index in [1.54, 1.807) is 6.20 Å². The molecule has 0 atom stereocenters. The molecule has 0 aliphatic heterocycles. The molecular formula is C25H21N3O2. The normalized spacial score (nSPS) is 12.8. The maximum Gasteiger partial charge on any atom is 0.407 e. The maximum atomic E-state index is 12.2. The lowest BCUT2D eigenvalue weighted by molar-refractivity contribution is 0.144. The summed E-state index contributed by atoms with van der Waals surface area (Å²) in [4.78, 5) is 12.2. The first-order chi connectivity index (χ1) is 14.8. The number of hydrogen-bond acceptors (Lipinski definition) is 3. The van der Waals surface area contributed by atoms with Gasteiger partial charge in [-0.1, -0.05) is 78.9 Å². The third kappa shape index (κ3) is 3.35. The van der Waals surface area contributed by atoms with Gasteiger partial charge in [0.15, 0.2) is 0 Å². The van der Waals surface area contributed by atoms with Crippen LogP contribution < -0.4 is 5.32 Å². The van der Waals surface area contributed by atoms with Crippen LogP contribution in [-0.4, -0.2) is 29.4 Å². The number of carbonyl (C=O) groups is 1. The fraction of sp³-hybridized carbons (Fsp3) is 0.120. The fourth-order valence-electron chi connectivity index (χ4n) is 4.11. The van der Waals surface area contributed by atoms with E-state index in [-0.39, 0.29) is 5.92 Å². The summed E-state index contributed by atoms with van der Waals surface area (Å²) in [6.07, 6.45) is 5.24. The smallest absolute Gasteiger partial charge is 0.407 e. The third-order valence-electron chi connectivity index (χ3n) is 5.51. The lowest BCUT2D eigenvalue weighted by Crippen LogP contribution is -2.26. The molecule has 0 bridgehead atoms. The molecule has 0 radical (unpaired) electrons. The average molecular weight is 395 g/mol. The van der Waals surface area contributed by atoms with Gasteiger partial charge in [-0.3, -0.25) is 5.10 Å². The molecular weight excluding hydrogens is 374 g/mol. The summed E-state index contributed by atoms with van der Waals surface area (Å²) in [7, 11) is 0. The van der Waals surface area contributed by atoms with Gasteiger partial charge in [-0.25, -0.2) is 4.79 Å². The molecule has 5 nitrogen and oxygen atoms in total. The van der Waals surface area contributed by atoms with E-state index >= 15 is 0 Å². The van der Waals surface area contributed by atoms with Crippen molar-refractivity contribution >= 4 is 23.1 Å². The number of alkyl carbamates (subject to hydrolysis) is 1. The second-order valence-corrected chi connectivity index (χ2v) is 7.29. The number of rotatable bonds is 5. The van der Waals surface area contributed by atoms with Gasteiger partial charge in [-0.15, -0.1) is 0 Å². The molecule has 2 N–H and O–H groups in total. The molecule has 1 heterocycles. The number of amides is 1. The van der Waals surface area contributed by atoms with E-state index in [9.17, 15) is 4.79 Å². The summed E-state index contributed by atoms with van der Waals surface area (Å²) >= 11 is 0. The number of nitrogens with zero attached hydrogens (tertiary/aromatic N) is 1. The molecule has 0 spiro atoms. The number of para-hydroxylation sites is 1. The van der Waals surface area contributed by atoms with E-state index in [1.165, 1.54) is 22.3 Å². The zero-order valence-electron chi connectivity index (χ0n) is 16.3. The number of ether oxygens (including phenoxy) is 1. The van der Waals surface area contributed by atoms with Crippen molar-refractivity contribution in [3.05, 3.63) is 95.7 Å². The highest BCUT2D eigenvalue weighted by molar-refractivity contribution is 5.86. The number of carbonyl (C=O) groups excluding carboxylic acids is 1. The SMILES string of the molecule is O=C(NCC=Cc1cccc2cn[nH]c12)OCC1c2ccccc2-c2ccccc21. The van der Waals surface area contributed by atoms with E-state index in [0.29, 0.717) is 13.2 Å². The fourth-order valence-corrected chi connectivity index (χ4v) is 4.11. The molecule has 1 aromatic heterocycles. The number of nitrogens with one attached hydrogen (secondary N) is 2. The number of aromatic amines is 1. The van der Waals surface area contributed by atoms with Crippen LogP contribution in [0.5, 0.6) is 0 Å². The number of aromatic nitrogens is 2. The second kappa shape index (κ2) is 7.87. The number of fused-ring (bicyclic) bond motifs is 4. The molecule has 148 valence electrons. The molecule has 0 saturated heterocycles. The quantitative estimate of drug-likeness (QED) is 0.493. The molecule has 4 aromatic rings. The highest BCUT2D eigenvalue weighted by Gasteiger charge is 2.28. The minimum Gasteiger partial charge on any atom is -0.449 e. The molecule has 0 saturated carbocycles. The van der Waals surface area contributed by atoms with Gasteiger partial charge >= 0.3 is 6.09 Å². The Morgan fingerprint density at radius 1 is 1.00 bits per heavy atom. The summed E-state index contributed by atoms with van der Waals surface area (Å²) in [5, 5.41) is 10.9. The Morgan fingerprint density at radius 3 is 2.50 bits per heavy atom. The lowest BCUT2D eigenvalue weighted by Gasteiger charge is -2.14. The Balaban J connectivity index is 1.20. The first-order valence-electron chi connectivity index (χ1n) is 9.99. The number of benzene rings is 3. The van der Waals surface area contributed by atoms with Crippen LogP contribution in [0.25, 0.3) is 28.1 Å². The summed E-state index contributed by atoms with van der Waals surface area (Å²) in [5.74, 6) is 0.0664. The molecule has 1 aliphatic rings. The first-order valence-corrected chi connectivity index (χ1v) is 9.99. The van der Waals surface area contributed by atoms with Crippen LogP contribution in [0.2, 0.25) is 0 Å². The van der Waals surface area contributed by atoms with E-state index in [4.69, 9.17) is 4.74 Å². The van der Waals surface area contributed by atoms with Crippen molar-refractivity contribution in [3.8, 4) is 11.1 Å². The Labute approximate surface area is 174 Å². The van der Waals surface area contributed by atoms with Crippen LogP contribution in [0, 0.1) is 0 Å². The van der Waals surface area contributed by atoms with Crippen LogP contribution in [0.4, 0.5) is 4.79 Å². The van der Waals surface area contributed by atoms with Gasteiger partial charge in [0.1, 0.15) is 6.61 Å². The predicted molar refractivity (Wildman–Crippen MR) is 118 cm³/mol. The van der Waals surface area contributed by atoms with Gasteiger partial charge < -0.3 is 10.1 Å². The largest absolute Gasteiger partial charge is 0.449 e. The zero-order chi connectivity index (χ0) is 20.3. The summed E-state index contributed by atoms with van der Waals surface area (Å²) in [6.45, 7) is 0.707. The Kier molecular flexibility index (Phi) is 4.77. The van der Waals surface area contributed by atoms with Crippen LogP contribution in [0.3, 0.4) is 0 Å². The molecule has 5 rings (SSSR count). The summed E-state index contributed by atoms with van der Waals surface area (Å²) in [6, 6.07) is 22.6. The van der Waals surface area contributed by atoms with Crippen LogP contribution in [-0.2, 0) is 4.74 Å². The summed E-state index contributed by atoms with van der Waals surface area (Å²) in [5.41, 5.74) is 6.86. The minimum atomic E-state index is -0.415. The number of H-pyrrole nitrogens is 1. The predicted octanol–water partition coefficient (Wildman–Crippen LogP) is 5.11. The van der Waals surface area contributed by atoms with E-state index < -0.39 is 6.09 Å². The molecule has 30 heavy (non-hydrogen) atoms. The highest BCUT2D eigenvalue weighted by atomic mass is 16.5. The van der Waals surface area contributed by atoms with Gasteiger partial charge in [0.05, 0.1) is 11.7 Å². The van der Waals surface area contributed by atoms with Gasteiger partial charge in [0.2, 0.25) is 0 Å². The van der Waals surface area contributed by atoms with Gasteiger partial charge in [-0.05, 0) is 27.8 Å². The van der Waals surface area contributed by atoms with Gasteiger partial charge in [-0.2, -0.15) is 5.10 Å². The van der Waals surface area contributed by atoms with Crippen molar-refractivity contribution in [1.29, 1.82) is 0 Å². The van der Waals surface area contributed by atoms with Crippen molar-refractivity contribution in [2.45, 2.75) is 5.92 Å². The monoisotopic (exact) mass is 395 g/mol. The minimum absolute atomic E-state index is 0.0664. The van der Waals surface area contributed by atoms with Crippen molar-refractivity contribution in [2.24, 2.45) is 0 Å². The first kappa shape index (κ1) is 18.2. The molecule has 5 heteroatoms. The molecule has 1 amide bonds. The Bertz CT molecular complexity index is 1200. The van der Waals surface area contributed by atoms with Crippen LogP contribution in [0.15, 0.2) is 79.0 Å². The van der Waals surface area contributed by atoms with E-state index in [2.05, 4.69) is 39.8 Å². The zero-order valence-corrected chi connectivity index (χ0v) is 16.3. The molecule has 3 aromatic carbocycles. The van der Waals surface area contributed by atoms with Crippen LogP contribution in [0.1, 0.15) is 22.6 Å². The molecule has 0 fully saturated rings. The maximum absolute atomic E-state index is 12.2. The van der Waals surface area contributed by atoms with E-state index in [1.807, 2.05) is 54.6 Å². The van der Waals surface area contributed by atoms with Crippen molar-refractivity contribution < 1.29 is 9.53 Å². The van der Waals surface area contributed by atoms with Crippen molar-refractivity contribution in [2.75, 3.05) is 13.2 Å². The number of hydrogen-bond donors (Lipinski definition) is 2. The van der Waals surface area contributed by atoms with Gasteiger partial charge in [0.25, 0.3) is 0 Å². The van der Waals surface area contributed by atoms with Crippen molar-refractivity contribution in [3.63, 3.8) is 0 Å². The Hall–Kier alpha value is -3.86. The van der Waals surface area contributed by atoms with Crippen molar-refractivity contribution in [1.82, 2.24) is 15.5 Å². The molecule has 0 unspecified atom stereocenters. The van der Waals surface area contributed by atoms with Gasteiger partial charge in [0, 0.05) is 17.8 Å².